The van der Waals surface area contributed by atoms with E-state index in [9.17, 15) is 9.18 Å². The van der Waals surface area contributed by atoms with Crippen LogP contribution in [-0.2, 0) is 17.6 Å². The van der Waals surface area contributed by atoms with Crippen LogP contribution in [0.4, 0.5) is 4.39 Å². The monoisotopic (exact) mass is 311 g/mol. The summed E-state index contributed by atoms with van der Waals surface area (Å²) in [6, 6.07) is 12.5. The van der Waals surface area contributed by atoms with Crippen molar-refractivity contribution in [3.05, 3.63) is 65.0 Å². The Morgan fingerprint density at radius 1 is 1.26 bits per heavy atom. The van der Waals surface area contributed by atoms with Crippen molar-refractivity contribution < 1.29 is 13.9 Å². The van der Waals surface area contributed by atoms with Crippen LogP contribution >= 0.6 is 0 Å². The van der Waals surface area contributed by atoms with Gasteiger partial charge in [-0.15, -0.1) is 0 Å². The molecule has 0 aliphatic carbocycles. The number of carbonyl (C=O) groups excluding carboxylic acids is 1. The van der Waals surface area contributed by atoms with Crippen LogP contribution in [0.1, 0.15) is 29.2 Å². The molecule has 2 heterocycles. The van der Waals surface area contributed by atoms with E-state index in [4.69, 9.17) is 4.74 Å². The molecule has 1 fully saturated rings. The molecule has 4 heteroatoms. The number of carbonyl (C=O) groups is 1. The van der Waals surface area contributed by atoms with Gasteiger partial charge in [-0.3, -0.25) is 4.79 Å². The maximum absolute atomic E-state index is 13.4. The van der Waals surface area contributed by atoms with Crippen LogP contribution in [-0.4, -0.2) is 24.0 Å². The van der Waals surface area contributed by atoms with Gasteiger partial charge in [-0.1, -0.05) is 24.3 Å². The third kappa shape index (κ3) is 2.69. The summed E-state index contributed by atoms with van der Waals surface area (Å²) in [6.45, 7) is 1.47. The Morgan fingerprint density at radius 3 is 2.96 bits per heavy atom. The van der Waals surface area contributed by atoms with Crippen LogP contribution in [0.25, 0.3) is 0 Å². The number of hydrogen-bond acceptors (Lipinski definition) is 2. The van der Waals surface area contributed by atoms with Crippen molar-refractivity contribution in [1.82, 2.24) is 4.90 Å². The van der Waals surface area contributed by atoms with Crippen LogP contribution < -0.4 is 4.74 Å². The van der Waals surface area contributed by atoms with E-state index in [0.29, 0.717) is 6.42 Å². The number of ether oxygens (including phenoxy) is 1. The van der Waals surface area contributed by atoms with Gasteiger partial charge in [0.25, 0.3) is 0 Å². The number of rotatable bonds is 3. The van der Waals surface area contributed by atoms with E-state index in [1.54, 1.807) is 6.07 Å². The molecule has 1 unspecified atom stereocenters. The number of fused-ring (bicyclic) bond motifs is 1. The Morgan fingerprint density at radius 2 is 2.17 bits per heavy atom. The molecule has 23 heavy (non-hydrogen) atoms. The first kappa shape index (κ1) is 14.2. The van der Waals surface area contributed by atoms with Crippen molar-refractivity contribution >= 4 is 5.91 Å². The molecule has 2 aromatic rings. The van der Waals surface area contributed by atoms with Gasteiger partial charge < -0.3 is 9.64 Å². The Hall–Kier alpha value is -2.36. The number of amides is 1. The smallest absolute Gasteiger partial charge is 0.227 e. The Labute approximate surface area is 134 Å². The molecule has 4 rings (SSSR count). The average Bonchev–Trinajstić information content (AvgIpc) is 2.93. The molecular weight excluding hydrogens is 293 g/mol. The molecule has 1 amide bonds. The fourth-order valence-electron chi connectivity index (χ4n) is 3.37. The summed E-state index contributed by atoms with van der Waals surface area (Å²) >= 11 is 0. The summed E-state index contributed by atoms with van der Waals surface area (Å²) in [5.74, 6) is 0.785. The molecule has 0 spiro atoms. The Bertz CT molecular complexity index is 759. The van der Waals surface area contributed by atoms with Gasteiger partial charge in [-0.2, -0.15) is 0 Å². The molecular formula is C19H18FNO2. The lowest BCUT2D eigenvalue weighted by atomic mass is 9.93. The van der Waals surface area contributed by atoms with E-state index in [0.717, 1.165) is 42.9 Å². The molecule has 1 atom stereocenters. The van der Waals surface area contributed by atoms with Crippen LogP contribution in [0.2, 0.25) is 0 Å². The molecule has 0 N–H and O–H groups in total. The van der Waals surface area contributed by atoms with Gasteiger partial charge in [0, 0.05) is 13.0 Å². The van der Waals surface area contributed by atoms with Crippen molar-refractivity contribution in [1.29, 1.82) is 0 Å². The zero-order valence-electron chi connectivity index (χ0n) is 12.8. The minimum atomic E-state index is -0.250. The quantitative estimate of drug-likeness (QED) is 0.870. The van der Waals surface area contributed by atoms with E-state index < -0.39 is 0 Å². The molecule has 0 aromatic heterocycles. The molecule has 0 bridgehead atoms. The zero-order valence-corrected chi connectivity index (χ0v) is 12.8. The van der Waals surface area contributed by atoms with Crippen molar-refractivity contribution in [2.24, 2.45) is 0 Å². The minimum absolute atomic E-state index is 0.0101. The van der Waals surface area contributed by atoms with Crippen LogP contribution in [0, 0.1) is 5.82 Å². The highest BCUT2D eigenvalue weighted by molar-refractivity contribution is 5.80. The summed E-state index contributed by atoms with van der Waals surface area (Å²) in [5, 5.41) is 0. The van der Waals surface area contributed by atoms with Crippen LogP contribution in [0.15, 0.2) is 42.5 Å². The van der Waals surface area contributed by atoms with E-state index in [2.05, 4.69) is 6.07 Å². The van der Waals surface area contributed by atoms with Crippen molar-refractivity contribution in [3.63, 3.8) is 0 Å². The third-order valence-corrected chi connectivity index (χ3v) is 4.68. The molecule has 1 saturated heterocycles. The van der Waals surface area contributed by atoms with Gasteiger partial charge in [-0.05, 0) is 41.3 Å². The van der Waals surface area contributed by atoms with Crippen LogP contribution in [0.5, 0.6) is 5.75 Å². The van der Waals surface area contributed by atoms with Gasteiger partial charge in [0.1, 0.15) is 11.6 Å². The lowest BCUT2D eigenvalue weighted by molar-refractivity contribution is -0.138. The summed E-state index contributed by atoms with van der Waals surface area (Å²) in [7, 11) is 0. The number of benzene rings is 2. The largest absolute Gasteiger partial charge is 0.493 e. The maximum Gasteiger partial charge on any atom is 0.227 e. The second-order valence-corrected chi connectivity index (χ2v) is 6.16. The Kier molecular flexibility index (Phi) is 3.52. The van der Waals surface area contributed by atoms with E-state index in [-0.39, 0.29) is 17.8 Å². The molecule has 118 valence electrons. The molecule has 0 saturated carbocycles. The molecule has 2 aromatic carbocycles. The summed E-state index contributed by atoms with van der Waals surface area (Å²) in [5.41, 5.74) is 3.08. The number of halogens is 1. The number of likely N-dealkylation sites (tertiary alicyclic amines) is 1. The molecule has 2 aliphatic heterocycles. The van der Waals surface area contributed by atoms with Gasteiger partial charge >= 0.3 is 0 Å². The highest BCUT2D eigenvalue weighted by atomic mass is 19.1. The highest BCUT2D eigenvalue weighted by Gasteiger charge is 2.33. The molecule has 3 nitrogen and oxygen atoms in total. The Balaban J connectivity index is 1.47. The number of nitrogens with zero attached hydrogens (tertiary/aromatic N) is 1. The summed E-state index contributed by atoms with van der Waals surface area (Å²) in [4.78, 5) is 14.4. The first-order chi connectivity index (χ1) is 11.2. The summed E-state index contributed by atoms with van der Waals surface area (Å²) < 4.78 is 18.9. The van der Waals surface area contributed by atoms with Crippen molar-refractivity contribution in [2.75, 3.05) is 13.2 Å². The lowest BCUT2D eigenvalue weighted by Gasteiger charge is -2.41. The van der Waals surface area contributed by atoms with Gasteiger partial charge in [-0.25, -0.2) is 4.39 Å². The molecule has 0 radical (unpaired) electrons. The van der Waals surface area contributed by atoms with E-state index in [1.807, 2.05) is 23.1 Å². The van der Waals surface area contributed by atoms with E-state index >= 15 is 0 Å². The normalized spacial score (nSPS) is 19.0. The number of hydrogen-bond donors (Lipinski definition) is 0. The first-order valence-corrected chi connectivity index (χ1v) is 8.00. The van der Waals surface area contributed by atoms with Crippen molar-refractivity contribution in [2.45, 2.75) is 25.3 Å². The third-order valence-electron chi connectivity index (χ3n) is 4.68. The lowest BCUT2D eigenvalue weighted by Crippen LogP contribution is -2.45. The van der Waals surface area contributed by atoms with Gasteiger partial charge in [0.15, 0.2) is 0 Å². The van der Waals surface area contributed by atoms with Gasteiger partial charge in [0.05, 0.1) is 19.1 Å². The summed E-state index contributed by atoms with van der Waals surface area (Å²) in [6.07, 6.45) is 2.19. The SMILES string of the molecule is O=C(Cc1ccc2c(c1)CCO2)N1CCC1c1cccc(F)c1. The average molecular weight is 311 g/mol. The predicted octanol–water partition coefficient (Wildman–Crippen LogP) is 3.28. The predicted molar refractivity (Wildman–Crippen MR) is 84.8 cm³/mol. The molecule has 2 aliphatic rings. The second-order valence-electron chi connectivity index (χ2n) is 6.16. The first-order valence-electron chi connectivity index (χ1n) is 8.00. The maximum atomic E-state index is 13.4. The topological polar surface area (TPSA) is 29.5 Å². The fraction of sp³-hybridized carbons (Fsp3) is 0.316. The van der Waals surface area contributed by atoms with Crippen LogP contribution in [0.3, 0.4) is 0 Å². The van der Waals surface area contributed by atoms with E-state index in [1.165, 1.54) is 17.7 Å². The van der Waals surface area contributed by atoms with Crippen molar-refractivity contribution in [3.8, 4) is 5.75 Å². The second kappa shape index (κ2) is 5.69. The zero-order chi connectivity index (χ0) is 15.8. The standard InChI is InChI=1S/C19H18FNO2/c20-16-3-1-2-14(12-16)17-6-8-21(17)19(22)11-13-4-5-18-15(10-13)7-9-23-18/h1-5,10,12,17H,6-9,11H2. The fourth-order valence-corrected chi connectivity index (χ4v) is 3.37. The van der Waals surface area contributed by atoms with Gasteiger partial charge in [0.2, 0.25) is 5.91 Å². The minimum Gasteiger partial charge on any atom is -0.493 e. The highest BCUT2D eigenvalue weighted by Crippen LogP contribution is 2.34.